The van der Waals surface area contributed by atoms with Gasteiger partial charge in [0.25, 0.3) is 0 Å². The molecule has 0 fully saturated rings. The van der Waals surface area contributed by atoms with E-state index in [4.69, 9.17) is 9.47 Å². The van der Waals surface area contributed by atoms with Crippen LogP contribution < -0.4 is 5.32 Å². The molecule has 3 heterocycles. The Balaban J connectivity index is 1.85. The highest BCUT2D eigenvalue weighted by molar-refractivity contribution is 7.17. The van der Waals surface area contributed by atoms with Crippen molar-refractivity contribution in [2.75, 3.05) is 25.6 Å². The quantitative estimate of drug-likeness (QED) is 0.588. The van der Waals surface area contributed by atoms with Crippen LogP contribution in [0, 0.1) is 0 Å². The number of amides is 2. The number of esters is 1. The maximum atomic E-state index is 12.5. The summed E-state index contributed by atoms with van der Waals surface area (Å²) in [5.74, 6) is -0.800. The van der Waals surface area contributed by atoms with Crippen LogP contribution in [-0.4, -0.2) is 43.1 Å². The van der Waals surface area contributed by atoms with Gasteiger partial charge in [-0.1, -0.05) is 6.07 Å². The molecule has 0 saturated heterocycles. The predicted octanol–water partition coefficient (Wildman–Crippen LogP) is 3.76. The Morgan fingerprint density at radius 3 is 2.86 bits per heavy atom. The molecule has 2 aromatic rings. The van der Waals surface area contributed by atoms with Gasteiger partial charge in [-0.2, -0.15) is 0 Å². The zero-order valence-corrected chi connectivity index (χ0v) is 17.2. The van der Waals surface area contributed by atoms with Crippen molar-refractivity contribution >= 4 is 51.7 Å². The second kappa shape index (κ2) is 9.03. The lowest BCUT2D eigenvalue weighted by atomic mass is 10.0. The third-order valence-corrected chi connectivity index (χ3v) is 6.12. The minimum absolute atomic E-state index is 0.239. The van der Waals surface area contributed by atoms with Crippen molar-refractivity contribution in [3.8, 4) is 0 Å². The summed E-state index contributed by atoms with van der Waals surface area (Å²) in [6.45, 7) is 2.75. The van der Waals surface area contributed by atoms with Crippen molar-refractivity contribution in [1.29, 1.82) is 0 Å². The summed E-state index contributed by atoms with van der Waals surface area (Å²) in [6.07, 6.45) is 3.23. The summed E-state index contributed by atoms with van der Waals surface area (Å²) in [6, 6.07) is 3.81. The van der Waals surface area contributed by atoms with Crippen molar-refractivity contribution in [2.45, 2.75) is 19.9 Å². The first-order valence-corrected chi connectivity index (χ1v) is 10.4. The van der Waals surface area contributed by atoms with Crippen LogP contribution >= 0.6 is 22.7 Å². The number of hydrogen-bond donors (Lipinski definition) is 1. The van der Waals surface area contributed by atoms with Crippen LogP contribution in [0.2, 0.25) is 0 Å². The van der Waals surface area contributed by atoms with Crippen molar-refractivity contribution in [2.24, 2.45) is 0 Å². The van der Waals surface area contributed by atoms with Gasteiger partial charge in [-0.25, -0.2) is 9.59 Å². The van der Waals surface area contributed by atoms with E-state index < -0.39 is 12.1 Å². The average molecular weight is 421 g/mol. The third kappa shape index (κ3) is 4.42. The van der Waals surface area contributed by atoms with Crippen LogP contribution in [0.1, 0.15) is 32.6 Å². The van der Waals surface area contributed by atoms with E-state index in [2.05, 4.69) is 5.32 Å². The largest absolute Gasteiger partial charge is 0.462 e. The predicted molar refractivity (Wildman–Crippen MR) is 109 cm³/mol. The summed E-state index contributed by atoms with van der Waals surface area (Å²) >= 11 is 2.81. The molecule has 2 aromatic heterocycles. The third-order valence-electron chi connectivity index (χ3n) is 4.15. The standard InChI is InChI=1S/C19H20N2O5S2/c1-3-26-18(23)16-13-8-9-21(19(24)25-2)11-14(13)28-17(16)20-15(22)7-6-12-5-4-10-27-12/h4-7,10H,3,8-9,11H2,1-2H3,(H,20,22)/b7-6+. The summed E-state index contributed by atoms with van der Waals surface area (Å²) in [4.78, 5) is 40.0. The van der Waals surface area contributed by atoms with E-state index >= 15 is 0 Å². The van der Waals surface area contributed by atoms with E-state index in [9.17, 15) is 14.4 Å². The van der Waals surface area contributed by atoms with Crippen molar-refractivity contribution in [1.82, 2.24) is 4.90 Å². The van der Waals surface area contributed by atoms with Crippen LogP contribution in [0.3, 0.4) is 0 Å². The fourth-order valence-corrected chi connectivity index (χ4v) is 4.77. The SMILES string of the molecule is CCOC(=O)c1c(NC(=O)/C=C/c2cccs2)sc2c1CCN(C(=O)OC)C2. The molecule has 3 rings (SSSR count). The molecule has 1 aliphatic rings. The molecule has 0 unspecified atom stereocenters. The summed E-state index contributed by atoms with van der Waals surface area (Å²) in [5, 5.41) is 5.16. The topological polar surface area (TPSA) is 84.9 Å². The Morgan fingerprint density at radius 2 is 2.18 bits per heavy atom. The number of hydrogen-bond acceptors (Lipinski definition) is 7. The smallest absolute Gasteiger partial charge is 0.409 e. The number of fused-ring (bicyclic) bond motifs is 1. The Morgan fingerprint density at radius 1 is 1.36 bits per heavy atom. The van der Waals surface area contributed by atoms with Crippen molar-refractivity contribution < 1.29 is 23.9 Å². The molecule has 148 valence electrons. The minimum Gasteiger partial charge on any atom is -0.462 e. The highest BCUT2D eigenvalue weighted by Gasteiger charge is 2.31. The molecule has 0 radical (unpaired) electrons. The molecule has 0 spiro atoms. The monoisotopic (exact) mass is 420 g/mol. The number of thiophene rings is 2. The van der Waals surface area contributed by atoms with Crippen LogP contribution in [-0.2, 0) is 27.2 Å². The maximum absolute atomic E-state index is 12.5. The van der Waals surface area contributed by atoms with Gasteiger partial charge in [0, 0.05) is 22.4 Å². The Bertz CT molecular complexity index is 902. The number of carbonyl (C=O) groups excluding carboxylic acids is 3. The Kier molecular flexibility index (Phi) is 6.48. The van der Waals surface area contributed by atoms with Crippen LogP contribution in [0.5, 0.6) is 0 Å². The number of carbonyl (C=O) groups is 3. The normalized spacial score (nSPS) is 13.3. The zero-order valence-electron chi connectivity index (χ0n) is 15.5. The first kappa shape index (κ1) is 20.1. The van der Waals surface area contributed by atoms with Crippen LogP contribution in [0.4, 0.5) is 9.80 Å². The number of anilines is 1. The molecule has 7 nitrogen and oxygen atoms in total. The van der Waals surface area contributed by atoms with Gasteiger partial charge in [0.05, 0.1) is 25.8 Å². The van der Waals surface area contributed by atoms with E-state index in [1.807, 2.05) is 17.5 Å². The van der Waals surface area contributed by atoms with Gasteiger partial charge in [-0.15, -0.1) is 22.7 Å². The van der Waals surface area contributed by atoms with Gasteiger partial charge in [-0.3, -0.25) is 4.79 Å². The van der Waals surface area contributed by atoms with Gasteiger partial charge in [0.1, 0.15) is 5.00 Å². The van der Waals surface area contributed by atoms with Gasteiger partial charge in [0.15, 0.2) is 0 Å². The van der Waals surface area contributed by atoms with E-state index in [0.717, 1.165) is 15.3 Å². The molecule has 0 atom stereocenters. The van der Waals surface area contributed by atoms with Gasteiger partial charge in [0.2, 0.25) is 5.91 Å². The van der Waals surface area contributed by atoms with Crippen molar-refractivity contribution in [3.05, 3.63) is 44.5 Å². The summed E-state index contributed by atoms with van der Waals surface area (Å²) < 4.78 is 9.97. The minimum atomic E-state index is -0.468. The molecule has 0 aromatic carbocycles. The second-order valence-electron chi connectivity index (χ2n) is 5.91. The molecule has 9 heteroatoms. The van der Waals surface area contributed by atoms with E-state index in [1.54, 1.807) is 17.9 Å². The van der Waals surface area contributed by atoms with E-state index in [-0.39, 0.29) is 12.5 Å². The molecule has 1 aliphatic heterocycles. The lowest BCUT2D eigenvalue weighted by Gasteiger charge is -2.25. The first-order valence-electron chi connectivity index (χ1n) is 8.70. The molecular formula is C19H20N2O5S2. The molecule has 0 saturated carbocycles. The number of rotatable bonds is 5. The lowest BCUT2D eigenvalue weighted by Crippen LogP contribution is -2.35. The first-order chi connectivity index (χ1) is 13.5. The molecule has 0 bridgehead atoms. The number of nitrogens with one attached hydrogen (secondary N) is 1. The number of methoxy groups -OCH3 is 1. The number of ether oxygens (including phenoxy) is 2. The van der Waals surface area contributed by atoms with Crippen molar-refractivity contribution in [3.63, 3.8) is 0 Å². The number of nitrogens with zero attached hydrogens (tertiary/aromatic N) is 1. The van der Waals surface area contributed by atoms with Crippen LogP contribution in [0.15, 0.2) is 23.6 Å². The fraction of sp³-hybridized carbons (Fsp3) is 0.316. The highest BCUT2D eigenvalue weighted by atomic mass is 32.1. The van der Waals surface area contributed by atoms with Gasteiger partial charge < -0.3 is 19.7 Å². The molecule has 2 amide bonds. The van der Waals surface area contributed by atoms with E-state index in [1.165, 1.54) is 35.9 Å². The van der Waals surface area contributed by atoms with Crippen LogP contribution in [0.25, 0.3) is 6.08 Å². The molecule has 28 heavy (non-hydrogen) atoms. The second-order valence-corrected chi connectivity index (χ2v) is 7.99. The average Bonchev–Trinajstić information content (AvgIpc) is 3.32. The summed E-state index contributed by atoms with van der Waals surface area (Å²) in [7, 11) is 1.34. The lowest BCUT2D eigenvalue weighted by molar-refractivity contribution is -0.111. The highest BCUT2D eigenvalue weighted by Crippen LogP contribution is 2.37. The summed E-state index contributed by atoms with van der Waals surface area (Å²) in [5.41, 5.74) is 1.20. The molecule has 1 N–H and O–H groups in total. The fourth-order valence-electron chi connectivity index (χ4n) is 2.89. The maximum Gasteiger partial charge on any atom is 0.409 e. The molecular weight excluding hydrogens is 400 g/mol. The van der Waals surface area contributed by atoms with Gasteiger partial charge >= 0.3 is 12.1 Å². The Hall–Kier alpha value is -2.65. The van der Waals surface area contributed by atoms with E-state index in [0.29, 0.717) is 30.1 Å². The van der Waals surface area contributed by atoms with Gasteiger partial charge in [-0.05, 0) is 36.4 Å². The Labute approximate surface area is 170 Å². The zero-order chi connectivity index (χ0) is 20.1. The molecule has 0 aliphatic carbocycles.